The number of aromatic nitrogens is 1. The van der Waals surface area contributed by atoms with Gasteiger partial charge >= 0.3 is 6.18 Å². The van der Waals surface area contributed by atoms with E-state index >= 15 is 4.79 Å². The zero-order chi connectivity index (χ0) is 39.8. The number of methoxy groups -OCH3 is 2. The number of ether oxygens (including phenoxy) is 2. The van der Waals surface area contributed by atoms with E-state index in [1.807, 2.05) is 6.08 Å². The maximum absolute atomic E-state index is 15.5. The fourth-order valence-electron chi connectivity index (χ4n) is 9.14. The van der Waals surface area contributed by atoms with E-state index in [0.717, 1.165) is 4.90 Å². The van der Waals surface area contributed by atoms with Crippen molar-refractivity contribution in [2.75, 3.05) is 24.5 Å². The van der Waals surface area contributed by atoms with E-state index in [1.165, 1.54) is 26.4 Å². The van der Waals surface area contributed by atoms with E-state index in [4.69, 9.17) is 32.7 Å². The lowest BCUT2D eigenvalue weighted by atomic mass is 9.49. The van der Waals surface area contributed by atoms with Gasteiger partial charge < -0.3 is 14.6 Å². The summed E-state index contributed by atoms with van der Waals surface area (Å²) in [7, 11) is 2.72. The molecule has 2 saturated heterocycles. The molecule has 4 aromatic rings. The maximum Gasteiger partial charge on any atom is 0.417 e. The average molecular weight is 808 g/mol. The van der Waals surface area contributed by atoms with Gasteiger partial charge in [0.1, 0.15) is 17.2 Å². The lowest BCUT2D eigenvalue weighted by Gasteiger charge is -2.51. The molecule has 2 aliphatic heterocycles. The Bertz CT molecular complexity index is 2320. The molecule has 0 spiro atoms. The third-order valence-corrected chi connectivity index (χ3v) is 11.9. The Balaban J connectivity index is 1.36. The number of hydrogen-bond acceptors (Lipinski definition) is 9. The summed E-state index contributed by atoms with van der Waals surface area (Å²) in [5.74, 6) is -7.79. The largest absolute Gasteiger partial charge is 0.508 e. The van der Waals surface area contributed by atoms with Crippen LogP contribution in [0, 0.1) is 23.7 Å². The second-order valence-corrected chi connectivity index (χ2v) is 14.9. The Kier molecular flexibility index (Phi) is 9.04. The van der Waals surface area contributed by atoms with Crippen molar-refractivity contribution in [3.8, 4) is 17.2 Å². The van der Waals surface area contributed by atoms with Gasteiger partial charge in [0.05, 0.1) is 53.7 Å². The summed E-state index contributed by atoms with van der Waals surface area (Å²) in [6.07, 6.45) is -2.38. The highest BCUT2D eigenvalue weighted by Crippen LogP contribution is 2.66. The standard InChI is InChI=1S/C40H31Cl2F3N4O7/c1-55-29-15-23(50)16-30(56-2)32(29)33-24-12-13-25-31(37(53)48(35(25)51)22-6-4-3-5-7-22)26(24)17-27-36(52)49(38(54)39(27,33)19-8-10-21(41)11-9-19)47-34-28(42)14-20(18-46-34)40(43,44)45/h3-12,14-16,18,25-27,31,33,50H,13,17H2,1-2H3,(H,46,47)/t25-,26+,27-,31-,33+,39+/m0/s1. The summed E-state index contributed by atoms with van der Waals surface area (Å²) >= 11 is 12.6. The van der Waals surface area contributed by atoms with E-state index in [2.05, 4.69) is 10.4 Å². The minimum Gasteiger partial charge on any atom is -0.508 e. The van der Waals surface area contributed by atoms with Gasteiger partial charge in [0.15, 0.2) is 5.82 Å². The number of hydrogen-bond donors (Lipinski definition) is 2. The molecule has 2 N–H and O–H groups in total. The number of amides is 4. The van der Waals surface area contributed by atoms with Gasteiger partial charge in [0.25, 0.3) is 11.8 Å². The van der Waals surface area contributed by atoms with Crippen LogP contribution in [0.1, 0.15) is 35.4 Å². The molecule has 288 valence electrons. The first-order chi connectivity index (χ1) is 26.7. The van der Waals surface area contributed by atoms with Crippen molar-refractivity contribution >= 4 is 58.3 Å². The molecule has 3 heterocycles. The molecule has 16 heteroatoms. The molecule has 11 nitrogen and oxygen atoms in total. The summed E-state index contributed by atoms with van der Waals surface area (Å²) in [5, 5.41) is 11.2. The number of carbonyl (C=O) groups is 4. The van der Waals surface area contributed by atoms with Crippen LogP contribution in [0.5, 0.6) is 17.2 Å². The lowest BCUT2D eigenvalue weighted by Crippen LogP contribution is -2.53. The first-order valence-corrected chi connectivity index (χ1v) is 18.2. The Hall–Kier alpha value is -5.60. The molecule has 4 aliphatic rings. The van der Waals surface area contributed by atoms with Gasteiger partial charge in [0, 0.05) is 34.8 Å². The number of aromatic hydroxyl groups is 1. The van der Waals surface area contributed by atoms with Crippen LogP contribution in [-0.2, 0) is 30.8 Å². The van der Waals surface area contributed by atoms with Crippen LogP contribution in [0.15, 0.2) is 90.6 Å². The zero-order valence-electron chi connectivity index (χ0n) is 29.5. The van der Waals surface area contributed by atoms with Crippen LogP contribution in [0.2, 0.25) is 10.0 Å². The Morgan fingerprint density at radius 2 is 1.55 bits per heavy atom. The van der Waals surface area contributed by atoms with Gasteiger partial charge in [-0.3, -0.25) is 29.5 Å². The second-order valence-electron chi connectivity index (χ2n) is 14.0. The van der Waals surface area contributed by atoms with Gasteiger partial charge in [-0.2, -0.15) is 18.2 Å². The summed E-state index contributed by atoms with van der Waals surface area (Å²) in [4.78, 5) is 63.9. The lowest BCUT2D eigenvalue weighted by molar-refractivity contribution is -0.139. The number of phenolic OH excluding ortho intramolecular Hbond substituents is 1. The number of nitrogens with one attached hydrogen (secondary N) is 1. The zero-order valence-corrected chi connectivity index (χ0v) is 31.0. The fraction of sp³-hybridized carbons (Fsp3) is 0.275. The number of fused-ring (bicyclic) bond motifs is 4. The second kappa shape index (κ2) is 13.6. The van der Waals surface area contributed by atoms with Crippen LogP contribution < -0.4 is 19.8 Å². The number of nitrogens with zero attached hydrogens (tertiary/aromatic N) is 3. The first kappa shape index (κ1) is 37.3. The van der Waals surface area contributed by atoms with Crippen LogP contribution in [-0.4, -0.2) is 52.9 Å². The number of para-hydroxylation sites is 1. The molecule has 0 radical (unpaired) electrons. The van der Waals surface area contributed by atoms with Crippen molar-refractivity contribution in [2.24, 2.45) is 23.7 Å². The molecule has 4 amide bonds. The maximum atomic E-state index is 15.5. The quantitative estimate of drug-likeness (QED) is 0.145. The van der Waals surface area contributed by atoms with Gasteiger partial charge in [-0.05, 0) is 54.7 Å². The van der Waals surface area contributed by atoms with Crippen LogP contribution in [0.3, 0.4) is 0 Å². The van der Waals surface area contributed by atoms with Crippen molar-refractivity contribution in [2.45, 2.75) is 30.4 Å². The molecule has 3 fully saturated rings. The Labute approximate surface area is 327 Å². The summed E-state index contributed by atoms with van der Waals surface area (Å²) in [6, 6.07) is 18.1. The number of imide groups is 2. The third-order valence-electron chi connectivity index (χ3n) is 11.4. The Morgan fingerprint density at radius 1 is 0.893 bits per heavy atom. The molecule has 1 saturated carbocycles. The number of phenols is 1. The highest BCUT2D eigenvalue weighted by Gasteiger charge is 2.71. The summed E-state index contributed by atoms with van der Waals surface area (Å²) in [6.45, 7) is 0. The molecule has 8 rings (SSSR count). The number of hydrazine groups is 1. The number of allylic oxidation sites excluding steroid dienone is 2. The molecule has 3 aromatic carbocycles. The number of carbonyl (C=O) groups excluding carboxylic acids is 4. The minimum atomic E-state index is -4.77. The fourth-order valence-corrected chi connectivity index (χ4v) is 9.47. The predicted octanol–water partition coefficient (Wildman–Crippen LogP) is 7.32. The summed E-state index contributed by atoms with van der Waals surface area (Å²) < 4.78 is 52.2. The molecule has 0 unspecified atom stereocenters. The van der Waals surface area contributed by atoms with Gasteiger partial charge in [0.2, 0.25) is 11.8 Å². The highest BCUT2D eigenvalue weighted by atomic mass is 35.5. The Morgan fingerprint density at radius 3 is 2.16 bits per heavy atom. The predicted molar refractivity (Wildman–Crippen MR) is 197 cm³/mol. The smallest absolute Gasteiger partial charge is 0.417 e. The van der Waals surface area contributed by atoms with Crippen LogP contribution in [0.4, 0.5) is 24.7 Å². The van der Waals surface area contributed by atoms with E-state index < -0.39 is 81.2 Å². The topological polar surface area (TPSA) is 138 Å². The third kappa shape index (κ3) is 5.52. The van der Waals surface area contributed by atoms with Crippen molar-refractivity contribution in [1.82, 2.24) is 9.99 Å². The molecule has 56 heavy (non-hydrogen) atoms. The van der Waals surface area contributed by atoms with Crippen LogP contribution >= 0.6 is 23.2 Å². The van der Waals surface area contributed by atoms with Crippen molar-refractivity contribution < 1.29 is 46.9 Å². The number of alkyl halides is 3. The first-order valence-electron chi connectivity index (χ1n) is 17.4. The summed E-state index contributed by atoms with van der Waals surface area (Å²) in [5.41, 5.74) is 1.17. The van der Waals surface area contributed by atoms with E-state index in [-0.39, 0.29) is 35.7 Å². The number of pyridine rings is 1. The van der Waals surface area contributed by atoms with E-state index in [0.29, 0.717) is 39.1 Å². The molecular formula is C40H31Cl2F3N4O7. The van der Waals surface area contributed by atoms with Crippen molar-refractivity contribution in [3.05, 3.63) is 117 Å². The van der Waals surface area contributed by atoms with E-state index in [9.17, 15) is 32.7 Å². The normalized spacial score (nSPS) is 25.8. The number of anilines is 2. The van der Waals surface area contributed by atoms with Gasteiger partial charge in [-0.25, -0.2) is 4.98 Å². The van der Waals surface area contributed by atoms with Crippen molar-refractivity contribution in [3.63, 3.8) is 0 Å². The number of halogens is 5. The molecular weight excluding hydrogens is 776 g/mol. The van der Waals surface area contributed by atoms with Gasteiger partial charge in [-0.1, -0.05) is 65.2 Å². The highest BCUT2D eigenvalue weighted by molar-refractivity contribution is 6.33. The molecule has 1 aromatic heterocycles. The minimum absolute atomic E-state index is 0.0899. The van der Waals surface area contributed by atoms with Crippen molar-refractivity contribution in [1.29, 1.82) is 0 Å². The van der Waals surface area contributed by atoms with Gasteiger partial charge in [-0.15, -0.1) is 0 Å². The molecule has 6 atom stereocenters. The molecule has 0 bridgehead atoms. The average Bonchev–Trinajstić information content (AvgIpc) is 3.56. The SMILES string of the molecule is COc1cc(O)cc(OC)c1[C@H]1C2=CC[C@@H]3C(=O)N(c4ccccc4)C(=O)[C@@H]3[C@@H]2C[C@H]2C(=O)N(Nc3ncc(C(F)(F)F)cc3Cl)C(=O)[C@@]12c1ccc(Cl)cc1. The number of rotatable bonds is 7. The number of benzene rings is 3. The monoisotopic (exact) mass is 806 g/mol. The van der Waals surface area contributed by atoms with Crippen LogP contribution in [0.25, 0.3) is 0 Å². The molecule has 2 aliphatic carbocycles. The van der Waals surface area contributed by atoms with E-state index in [1.54, 1.807) is 54.6 Å².